The van der Waals surface area contributed by atoms with E-state index in [1.54, 1.807) is 6.07 Å². The van der Waals surface area contributed by atoms with Gasteiger partial charge in [0.25, 0.3) is 5.91 Å². The van der Waals surface area contributed by atoms with Gasteiger partial charge in [0.1, 0.15) is 0 Å². The van der Waals surface area contributed by atoms with Crippen LogP contribution in [0.5, 0.6) is 0 Å². The molecule has 1 amide bonds. The van der Waals surface area contributed by atoms with E-state index >= 15 is 0 Å². The first-order valence-electron chi connectivity index (χ1n) is 7.46. The third-order valence-electron chi connectivity index (χ3n) is 3.43. The second kappa shape index (κ2) is 8.18. The highest BCUT2D eigenvalue weighted by atomic mass is 32.1. The summed E-state index contributed by atoms with van der Waals surface area (Å²) in [5.41, 5.74) is 0. The van der Waals surface area contributed by atoms with Crippen molar-refractivity contribution in [1.29, 1.82) is 0 Å². The summed E-state index contributed by atoms with van der Waals surface area (Å²) >= 11 is 1.39. The SMILES string of the molecule is CCN(CCNC(=O)c1ccc(C#CCCO)s1)C1CC1. The minimum atomic E-state index is -0.0259. The van der Waals surface area contributed by atoms with Crippen LogP contribution in [0.25, 0.3) is 0 Å². The molecule has 0 saturated heterocycles. The van der Waals surface area contributed by atoms with Crippen LogP contribution < -0.4 is 5.32 Å². The van der Waals surface area contributed by atoms with Gasteiger partial charge in [0.15, 0.2) is 0 Å². The Labute approximate surface area is 130 Å². The van der Waals surface area contributed by atoms with E-state index in [0.717, 1.165) is 24.0 Å². The number of hydrogen-bond acceptors (Lipinski definition) is 4. The third-order valence-corrected chi connectivity index (χ3v) is 4.43. The molecule has 5 heteroatoms. The van der Waals surface area contributed by atoms with Gasteiger partial charge in [-0.2, -0.15) is 0 Å². The normalized spacial score (nSPS) is 13.9. The predicted octanol–water partition coefficient (Wildman–Crippen LogP) is 1.70. The van der Waals surface area contributed by atoms with E-state index in [9.17, 15) is 4.79 Å². The molecule has 0 bridgehead atoms. The average molecular weight is 306 g/mol. The maximum atomic E-state index is 12.0. The van der Waals surface area contributed by atoms with Gasteiger partial charge < -0.3 is 10.4 Å². The van der Waals surface area contributed by atoms with Crippen molar-refractivity contribution in [1.82, 2.24) is 10.2 Å². The Balaban J connectivity index is 1.76. The van der Waals surface area contributed by atoms with Gasteiger partial charge >= 0.3 is 0 Å². The Morgan fingerprint density at radius 1 is 1.52 bits per heavy atom. The van der Waals surface area contributed by atoms with Gasteiger partial charge in [-0.3, -0.25) is 9.69 Å². The molecule has 1 aliphatic carbocycles. The van der Waals surface area contributed by atoms with E-state index in [2.05, 4.69) is 29.0 Å². The number of hydrogen-bond donors (Lipinski definition) is 2. The summed E-state index contributed by atoms with van der Waals surface area (Å²) < 4.78 is 0. The molecule has 0 unspecified atom stereocenters. The highest BCUT2D eigenvalue weighted by Gasteiger charge is 2.27. The van der Waals surface area contributed by atoms with Crippen molar-refractivity contribution in [3.63, 3.8) is 0 Å². The summed E-state index contributed by atoms with van der Waals surface area (Å²) in [7, 11) is 0. The monoisotopic (exact) mass is 306 g/mol. The van der Waals surface area contributed by atoms with Crippen molar-refractivity contribution in [3.8, 4) is 11.8 Å². The van der Waals surface area contributed by atoms with Crippen molar-refractivity contribution >= 4 is 17.2 Å². The zero-order chi connectivity index (χ0) is 15.1. The molecule has 1 saturated carbocycles. The van der Waals surface area contributed by atoms with Gasteiger partial charge in [0.05, 0.1) is 16.4 Å². The molecule has 0 atom stereocenters. The number of aliphatic hydroxyl groups excluding tert-OH is 1. The van der Waals surface area contributed by atoms with E-state index in [4.69, 9.17) is 5.11 Å². The number of nitrogens with zero attached hydrogens (tertiary/aromatic N) is 1. The van der Waals surface area contributed by atoms with Gasteiger partial charge in [-0.15, -0.1) is 11.3 Å². The van der Waals surface area contributed by atoms with Crippen LogP contribution in [-0.2, 0) is 0 Å². The van der Waals surface area contributed by atoms with Crippen molar-refractivity contribution in [3.05, 3.63) is 21.9 Å². The van der Waals surface area contributed by atoms with E-state index in [1.807, 2.05) is 6.07 Å². The van der Waals surface area contributed by atoms with Crippen LogP contribution in [0.4, 0.5) is 0 Å². The number of aliphatic hydroxyl groups is 1. The first kappa shape index (κ1) is 16.0. The minimum absolute atomic E-state index is 0.0259. The molecular formula is C16H22N2O2S. The van der Waals surface area contributed by atoms with Crippen molar-refractivity contribution < 1.29 is 9.90 Å². The Morgan fingerprint density at radius 3 is 3.00 bits per heavy atom. The lowest BCUT2D eigenvalue weighted by atomic mass is 10.3. The maximum absolute atomic E-state index is 12.0. The zero-order valence-electron chi connectivity index (χ0n) is 12.4. The molecule has 1 aromatic heterocycles. The first-order valence-corrected chi connectivity index (χ1v) is 8.28. The summed E-state index contributed by atoms with van der Waals surface area (Å²) in [5.74, 6) is 5.78. The molecule has 1 aliphatic rings. The van der Waals surface area contributed by atoms with Crippen LogP contribution in [0.2, 0.25) is 0 Å². The molecule has 0 radical (unpaired) electrons. The fourth-order valence-corrected chi connectivity index (χ4v) is 2.97. The minimum Gasteiger partial charge on any atom is -0.395 e. The van der Waals surface area contributed by atoms with Gasteiger partial charge in [-0.25, -0.2) is 0 Å². The largest absolute Gasteiger partial charge is 0.395 e. The molecule has 1 fully saturated rings. The zero-order valence-corrected chi connectivity index (χ0v) is 13.2. The fourth-order valence-electron chi connectivity index (χ4n) is 2.17. The van der Waals surface area contributed by atoms with Crippen LogP contribution in [0.3, 0.4) is 0 Å². The van der Waals surface area contributed by atoms with Crippen LogP contribution >= 0.6 is 11.3 Å². The maximum Gasteiger partial charge on any atom is 0.261 e. The Kier molecular flexibility index (Phi) is 6.24. The van der Waals surface area contributed by atoms with Crippen molar-refractivity contribution in [2.75, 3.05) is 26.2 Å². The summed E-state index contributed by atoms with van der Waals surface area (Å²) in [6.45, 7) is 4.88. The molecule has 0 spiro atoms. The number of likely N-dealkylation sites (N-methyl/N-ethyl adjacent to an activating group) is 1. The topological polar surface area (TPSA) is 52.6 Å². The van der Waals surface area contributed by atoms with Crippen molar-refractivity contribution in [2.45, 2.75) is 32.2 Å². The predicted molar refractivity (Wildman–Crippen MR) is 85.5 cm³/mol. The summed E-state index contributed by atoms with van der Waals surface area (Å²) in [4.78, 5) is 16.0. The lowest BCUT2D eigenvalue weighted by molar-refractivity contribution is 0.0952. The molecule has 0 aliphatic heterocycles. The van der Waals surface area contributed by atoms with Gasteiger partial charge in [0, 0.05) is 25.6 Å². The molecule has 0 aromatic carbocycles. The molecule has 2 N–H and O–H groups in total. The van der Waals surface area contributed by atoms with Gasteiger partial charge in [0.2, 0.25) is 0 Å². The standard InChI is InChI=1S/C16H22N2O2S/c1-2-18(13-6-7-13)11-10-17-16(20)15-9-8-14(21-15)5-3-4-12-19/h8-9,13,19H,2,4,6-7,10-12H2,1H3,(H,17,20). The van der Waals surface area contributed by atoms with Crippen LogP contribution in [-0.4, -0.2) is 48.2 Å². The fraction of sp³-hybridized carbons (Fsp3) is 0.562. The Bertz CT molecular complexity index is 526. The van der Waals surface area contributed by atoms with Crippen LogP contribution in [0.1, 0.15) is 40.7 Å². The quantitative estimate of drug-likeness (QED) is 0.754. The number of carbonyl (C=O) groups is 1. The number of amides is 1. The highest BCUT2D eigenvalue weighted by Crippen LogP contribution is 2.25. The number of nitrogens with one attached hydrogen (secondary N) is 1. The summed E-state index contributed by atoms with van der Waals surface area (Å²) in [5, 5.41) is 11.6. The third kappa shape index (κ3) is 5.16. The molecule has 114 valence electrons. The van der Waals surface area contributed by atoms with Gasteiger partial charge in [-0.1, -0.05) is 18.8 Å². The van der Waals surface area contributed by atoms with E-state index < -0.39 is 0 Å². The smallest absolute Gasteiger partial charge is 0.261 e. The molecule has 2 rings (SSSR count). The molecule has 21 heavy (non-hydrogen) atoms. The summed E-state index contributed by atoms with van der Waals surface area (Å²) in [6, 6.07) is 4.40. The Morgan fingerprint density at radius 2 is 2.33 bits per heavy atom. The van der Waals surface area contributed by atoms with E-state index in [1.165, 1.54) is 24.2 Å². The molecular weight excluding hydrogens is 284 g/mol. The second-order valence-corrected chi connectivity index (χ2v) is 6.14. The van der Waals surface area contributed by atoms with Gasteiger partial charge in [-0.05, 0) is 31.5 Å². The molecule has 1 heterocycles. The first-order chi connectivity index (χ1) is 10.2. The summed E-state index contributed by atoms with van der Waals surface area (Å²) in [6.07, 6.45) is 3.05. The highest BCUT2D eigenvalue weighted by molar-refractivity contribution is 7.14. The second-order valence-electron chi connectivity index (χ2n) is 5.05. The number of thiophene rings is 1. The number of rotatable bonds is 7. The average Bonchev–Trinajstić information content (AvgIpc) is 3.22. The molecule has 1 aromatic rings. The van der Waals surface area contributed by atoms with Crippen molar-refractivity contribution in [2.24, 2.45) is 0 Å². The van der Waals surface area contributed by atoms with Crippen LogP contribution in [0.15, 0.2) is 12.1 Å². The van der Waals surface area contributed by atoms with Crippen LogP contribution in [0, 0.1) is 11.8 Å². The molecule has 4 nitrogen and oxygen atoms in total. The lowest BCUT2D eigenvalue weighted by Crippen LogP contribution is -2.35. The lowest BCUT2D eigenvalue weighted by Gasteiger charge is -2.19. The van der Waals surface area contributed by atoms with E-state index in [0.29, 0.717) is 17.8 Å². The Hall–Kier alpha value is -1.35. The van der Waals surface area contributed by atoms with E-state index in [-0.39, 0.29) is 12.5 Å². The number of carbonyl (C=O) groups excluding carboxylic acids is 1.